The molecule has 0 radical (unpaired) electrons. The average Bonchev–Trinajstić information content (AvgIpc) is 2.87. The number of amides is 2. The molecule has 1 aromatic carbocycles. The predicted molar refractivity (Wildman–Crippen MR) is 86.9 cm³/mol. The number of benzene rings is 1. The van der Waals surface area contributed by atoms with E-state index in [1.165, 1.54) is 6.08 Å². The third-order valence-electron chi connectivity index (χ3n) is 3.77. The number of hydrogen-bond donors (Lipinski definition) is 1. The Morgan fingerprint density at radius 3 is 2.83 bits per heavy atom. The number of fused-ring (bicyclic) bond motifs is 1. The van der Waals surface area contributed by atoms with Gasteiger partial charge < -0.3 is 24.4 Å². The van der Waals surface area contributed by atoms with E-state index in [-0.39, 0.29) is 18.4 Å². The van der Waals surface area contributed by atoms with E-state index in [1.807, 2.05) is 13.8 Å². The van der Waals surface area contributed by atoms with Crippen LogP contribution in [0.4, 0.5) is 5.69 Å². The van der Waals surface area contributed by atoms with E-state index < -0.39 is 11.9 Å². The van der Waals surface area contributed by atoms with Gasteiger partial charge in [-0.1, -0.05) is 6.58 Å². The second kappa shape index (κ2) is 6.16. The molecule has 24 heavy (non-hydrogen) atoms. The number of morpholine rings is 1. The molecule has 2 aliphatic rings. The lowest BCUT2D eigenvalue weighted by molar-refractivity contribution is -0.141. The Labute approximate surface area is 140 Å². The summed E-state index contributed by atoms with van der Waals surface area (Å²) in [4.78, 5) is 25.6. The Hall–Kier alpha value is -2.54. The first-order valence-corrected chi connectivity index (χ1v) is 7.74. The quantitative estimate of drug-likeness (QED) is 0.850. The molecule has 1 saturated heterocycles. The third-order valence-corrected chi connectivity index (χ3v) is 3.77. The first-order chi connectivity index (χ1) is 11.4. The molecular weight excluding hydrogens is 312 g/mol. The van der Waals surface area contributed by atoms with Crippen molar-refractivity contribution in [1.82, 2.24) is 4.90 Å². The molecule has 0 aromatic heterocycles. The normalized spacial score (nSPS) is 21.2. The SMILES string of the molecule is C=CC(=O)N1CCOC(C(=O)Nc2ccc3c(c2)OC(C)(C)O3)C1. The molecule has 0 spiro atoms. The number of rotatable bonds is 3. The Morgan fingerprint density at radius 2 is 2.08 bits per heavy atom. The third kappa shape index (κ3) is 3.35. The molecule has 2 heterocycles. The molecule has 7 heteroatoms. The molecule has 1 atom stereocenters. The van der Waals surface area contributed by atoms with Crippen molar-refractivity contribution in [2.75, 3.05) is 25.0 Å². The number of ether oxygens (including phenoxy) is 3. The van der Waals surface area contributed by atoms with E-state index >= 15 is 0 Å². The lowest BCUT2D eigenvalue weighted by atomic mass is 10.2. The van der Waals surface area contributed by atoms with E-state index in [0.29, 0.717) is 30.3 Å². The summed E-state index contributed by atoms with van der Waals surface area (Å²) in [6.45, 7) is 8.05. The maximum absolute atomic E-state index is 12.4. The minimum absolute atomic E-state index is 0.203. The van der Waals surface area contributed by atoms with Crippen LogP contribution in [0.5, 0.6) is 11.5 Å². The number of carbonyl (C=O) groups excluding carboxylic acids is 2. The molecule has 3 rings (SSSR count). The Kier molecular flexibility index (Phi) is 4.19. The summed E-state index contributed by atoms with van der Waals surface area (Å²) in [7, 11) is 0. The zero-order valence-electron chi connectivity index (χ0n) is 13.7. The van der Waals surface area contributed by atoms with Crippen molar-refractivity contribution in [1.29, 1.82) is 0 Å². The summed E-state index contributed by atoms with van der Waals surface area (Å²) < 4.78 is 16.7. The Balaban J connectivity index is 1.65. The first-order valence-electron chi connectivity index (χ1n) is 7.74. The molecule has 1 unspecified atom stereocenters. The van der Waals surface area contributed by atoms with Gasteiger partial charge in [0.15, 0.2) is 17.6 Å². The zero-order valence-corrected chi connectivity index (χ0v) is 13.7. The smallest absolute Gasteiger partial charge is 0.255 e. The van der Waals surface area contributed by atoms with Gasteiger partial charge in [-0.3, -0.25) is 9.59 Å². The van der Waals surface area contributed by atoms with E-state index in [4.69, 9.17) is 14.2 Å². The van der Waals surface area contributed by atoms with Crippen LogP contribution < -0.4 is 14.8 Å². The largest absolute Gasteiger partial charge is 0.449 e. The number of nitrogens with one attached hydrogen (secondary N) is 1. The van der Waals surface area contributed by atoms with Gasteiger partial charge in [0.25, 0.3) is 5.91 Å². The number of nitrogens with zero attached hydrogens (tertiary/aromatic N) is 1. The van der Waals surface area contributed by atoms with E-state index in [1.54, 1.807) is 23.1 Å². The average molecular weight is 332 g/mol. The van der Waals surface area contributed by atoms with Crippen LogP contribution in [0.15, 0.2) is 30.9 Å². The van der Waals surface area contributed by atoms with Crippen molar-refractivity contribution in [3.63, 3.8) is 0 Å². The van der Waals surface area contributed by atoms with Gasteiger partial charge in [-0.2, -0.15) is 0 Å². The van der Waals surface area contributed by atoms with Gasteiger partial charge in [0.2, 0.25) is 11.7 Å². The van der Waals surface area contributed by atoms with Gasteiger partial charge in [0, 0.05) is 32.1 Å². The van der Waals surface area contributed by atoms with Crippen molar-refractivity contribution < 1.29 is 23.8 Å². The monoisotopic (exact) mass is 332 g/mol. The fraction of sp³-hybridized carbons (Fsp3) is 0.412. The van der Waals surface area contributed by atoms with Crippen LogP contribution in [-0.4, -0.2) is 48.3 Å². The van der Waals surface area contributed by atoms with Crippen LogP contribution in [-0.2, 0) is 14.3 Å². The molecule has 0 saturated carbocycles. The highest BCUT2D eigenvalue weighted by molar-refractivity contribution is 5.95. The van der Waals surface area contributed by atoms with Crippen LogP contribution >= 0.6 is 0 Å². The van der Waals surface area contributed by atoms with Gasteiger partial charge in [-0.25, -0.2) is 0 Å². The Morgan fingerprint density at radius 1 is 1.33 bits per heavy atom. The summed E-state index contributed by atoms with van der Waals surface area (Å²) in [5.41, 5.74) is 0.579. The van der Waals surface area contributed by atoms with Crippen LogP contribution in [0.1, 0.15) is 13.8 Å². The van der Waals surface area contributed by atoms with Crippen LogP contribution in [0, 0.1) is 0 Å². The minimum atomic E-state index is -0.719. The molecule has 1 fully saturated rings. The van der Waals surface area contributed by atoms with E-state index in [9.17, 15) is 9.59 Å². The lowest BCUT2D eigenvalue weighted by Crippen LogP contribution is -2.49. The second-order valence-corrected chi connectivity index (χ2v) is 6.10. The fourth-order valence-corrected chi connectivity index (χ4v) is 2.66. The molecule has 0 bridgehead atoms. The maximum Gasteiger partial charge on any atom is 0.255 e. The molecule has 2 amide bonds. The summed E-state index contributed by atoms with van der Waals surface area (Å²) >= 11 is 0. The highest BCUT2D eigenvalue weighted by atomic mass is 16.7. The maximum atomic E-state index is 12.4. The van der Waals surface area contributed by atoms with E-state index in [0.717, 1.165) is 0 Å². The number of carbonyl (C=O) groups is 2. The van der Waals surface area contributed by atoms with Crippen molar-refractivity contribution in [2.45, 2.75) is 25.7 Å². The predicted octanol–water partition coefficient (Wildman–Crippen LogP) is 1.55. The summed E-state index contributed by atoms with van der Waals surface area (Å²) in [5, 5.41) is 2.78. The van der Waals surface area contributed by atoms with Crippen molar-refractivity contribution >= 4 is 17.5 Å². The van der Waals surface area contributed by atoms with Crippen LogP contribution in [0.25, 0.3) is 0 Å². The molecule has 128 valence electrons. The molecule has 2 aliphatic heterocycles. The van der Waals surface area contributed by atoms with Crippen LogP contribution in [0.3, 0.4) is 0 Å². The number of anilines is 1. The Bertz CT molecular complexity index is 686. The van der Waals surface area contributed by atoms with Crippen LogP contribution in [0.2, 0.25) is 0 Å². The first kappa shape index (κ1) is 16.3. The topological polar surface area (TPSA) is 77.1 Å². The molecule has 1 N–H and O–H groups in total. The molecule has 0 aliphatic carbocycles. The van der Waals surface area contributed by atoms with Crippen molar-refractivity contribution in [2.24, 2.45) is 0 Å². The van der Waals surface area contributed by atoms with Gasteiger partial charge >= 0.3 is 0 Å². The highest BCUT2D eigenvalue weighted by Crippen LogP contribution is 2.40. The fourth-order valence-electron chi connectivity index (χ4n) is 2.66. The summed E-state index contributed by atoms with van der Waals surface area (Å²) in [6, 6.07) is 5.18. The molecule has 7 nitrogen and oxygen atoms in total. The number of hydrogen-bond acceptors (Lipinski definition) is 5. The highest BCUT2D eigenvalue weighted by Gasteiger charge is 2.32. The van der Waals surface area contributed by atoms with Gasteiger partial charge in [-0.15, -0.1) is 0 Å². The van der Waals surface area contributed by atoms with Gasteiger partial charge in [-0.05, 0) is 18.2 Å². The summed E-state index contributed by atoms with van der Waals surface area (Å²) in [6.07, 6.45) is 0.518. The lowest BCUT2D eigenvalue weighted by Gasteiger charge is -2.31. The van der Waals surface area contributed by atoms with Crippen molar-refractivity contribution in [3.05, 3.63) is 30.9 Å². The van der Waals surface area contributed by atoms with Gasteiger partial charge in [0.05, 0.1) is 13.2 Å². The molecular formula is C17H20N2O5. The molecule has 1 aromatic rings. The van der Waals surface area contributed by atoms with E-state index in [2.05, 4.69) is 11.9 Å². The minimum Gasteiger partial charge on any atom is -0.449 e. The standard InChI is InChI=1S/C17H20N2O5/c1-4-15(20)19-7-8-22-14(10-19)16(21)18-11-5-6-12-13(9-11)24-17(2,3)23-12/h4-6,9,14H,1,7-8,10H2,2-3H3,(H,18,21). The second-order valence-electron chi connectivity index (χ2n) is 6.10. The van der Waals surface area contributed by atoms with Crippen molar-refractivity contribution in [3.8, 4) is 11.5 Å². The van der Waals surface area contributed by atoms with Gasteiger partial charge in [0.1, 0.15) is 0 Å². The zero-order chi connectivity index (χ0) is 17.3. The summed E-state index contributed by atoms with van der Waals surface area (Å²) in [5.74, 6) is -0.0280.